The molecule has 2 amide bonds. The minimum atomic E-state index is -3.51. The van der Waals surface area contributed by atoms with Gasteiger partial charge in [0.15, 0.2) is 0 Å². The molecule has 0 unspecified atom stereocenters. The average Bonchev–Trinajstić information content (AvgIpc) is 2.87. The van der Waals surface area contributed by atoms with Crippen LogP contribution in [-0.4, -0.2) is 56.0 Å². The van der Waals surface area contributed by atoms with Crippen molar-refractivity contribution in [1.29, 1.82) is 0 Å². The van der Waals surface area contributed by atoms with Crippen molar-refractivity contribution in [3.63, 3.8) is 0 Å². The summed E-state index contributed by atoms with van der Waals surface area (Å²) in [5.41, 5.74) is 1.29. The third-order valence-electron chi connectivity index (χ3n) is 5.96. The second kappa shape index (κ2) is 16.0. The van der Waals surface area contributed by atoms with Gasteiger partial charge in [-0.2, -0.15) is 0 Å². The van der Waals surface area contributed by atoms with Crippen molar-refractivity contribution in [1.82, 2.24) is 15.4 Å². The largest absolute Gasteiger partial charge is 0.480 e. The van der Waals surface area contributed by atoms with Gasteiger partial charge < -0.3 is 15.7 Å². The van der Waals surface area contributed by atoms with Gasteiger partial charge in [-0.3, -0.25) is 19.7 Å². The molecule has 10 nitrogen and oxygen atoms in total. The minimum absolute atomic E-state index is 0.116. The lowest BCUT2D eigenvalue weighted by Crippen LogP contribution is -2.54. The predicted octanol–water partition coefficient (Wildman–Crippen LogP) is 2.88. The molecule has 2 rings (SSSR count). The molecule has 0 aliphatic heterocycles. The van der Waals surface area contributed by atoms with Gasteiger partial charge in [-0.25, -0.2) is 13.1 Å². The Morgan fingerprint density at radius 3 is 2.05 bits per heavy atom. The molecule has 214 valence electrons. The zero-order valence-electron chi connectivity index (χ0n) is 22.7. The quantitative estimate of drug-likeness (QED) is 0.186. The minimum Gasteiger partial charge on any atom is -0.480 e. The number of rotatable bonds is 17. The lowest BCUT2D eigenvalue weighted by atomic mass is 10.0. The van der Waals surface area contributed by atoms with E-state index in [4.69, 9.17) is 0 Å². The highest BCUT2D eigenvalue weighted by Crippen LogP contribution is 2.12. The smallest absolute Gasteiger partial charge is 0.320 e. The number of carboxylic acids is 1. The van der Waals surface area contributed by atoms with Gasteiger partial charge in [0.25, 0.3) is 0 Å². The highest BCUT2D eigenvalue weighted by Gasteiger charge is 2.28. The fraction of sp³-hybridized carbons (Fsp3) is 0.464. The molecule has 3 atom stereocenters. The summed E-state index contributed by atoms with van der Waals surface area (Å²) in [5.74, 6) is -1.96. The van der Waals surface area contributed by atoms with E-state index in [1.807, 2.05) is 26.0 Å². The molecule has 0 aromatic heterocycles. The van der Waals surface area contributed by atoms with Crippen LogP contribution in [0.1, 0.15) is 52.0 Å². The normalized spacial score (nSPS) is 13.8. The number of carbonyl (C=O) groups excluding carboxylic acids is 2. The number of aliphatic carboxylic acids is 1. The lowest BCUT2D eigenvalue weighted by molar-refractivity contribution is -0.139. The molecule has 2 aromatic carbocycles. The van der Waals surface area contributed by atoms with Gasteiger partial charge in [-0.15, -0.1) is 0 Å². The molecule has 0 radical (unpaired) electrons. The Balaban J connectivity index is 1.97. The van der Waals surface area contributed by atoms with Gasteiger partial charge in [0, 0.05) is 12.2 Å². The number of benzene rings is 2. The molecule has 0 saturated heterocycles. The molecule has 0 spiro atoms. The van der Waals surface area contributed by atoms with Gasteiger partial charge in [0.05, 0.1) is 11.8 Å². The summed E-state index contributed by atoms with van der Waals surface area (Å²) in [6, 6.07) is 15.1. The summed E-state index contributed by atoms with van der Waals surface area (Å²) in [6.45, 7) is 5.51. The molecule has 2 aromatic rings. The molecule has 0 aliphatic rings. The van der Waals surface area contributed by atoms with Gasteiger partial charge in [-0.05, 0) is 49.8 Å². The number of carbonyl (C=O) groups is 3. The first-order chi connectivity index (χ1) is 18.5. The molecule has 0 fully saturated rings. The Kier molecular flexibility index (Phi) is 13.1. The van der Waals surface area contributed by atoms with Gasteiger partial charge in [0.2, 0.25) is 21.8 Å². The fourth-order valence-electron chi connectivity index (χ4n) is 3.94. The number of hydrogen-bond donors (Lipinski definition) is 5. The molecular formula is C28H40N4O6S. The van der Waals surface area contributed by atoms with E-state index >= 15 is 0 Å². The number of hydrogen-bond acceptors (Lipinski definition) is 6. The maximum atomic E-state index is 13.2. The van der Waals surface area contributed by atoms with Crippen LogP contribution in [0, 0.1) is 5.92 Å². The molecule has 0 aliphatic carbocycles. The molecule has 5 N–H and O–H groups in total. The fourth-order valence-corrected chi connectivity index (χ4v) is 5.12. The highest BCUT2D eigenvalue weighted by atomic mass is 32.2. The van der Waals surface area contributed by atoms with Crippen molar-refractivity contribution in [2.75, 3.05) is 11.9 Å². The van der Waals surface area contributed by atoms with Crippen molar-refractivity contribution in [3.8, 4) is 0 Å². The van der Waals surface area contributed by atoms with Crippen molar-refractivity contribution in [3.05, 3.63) is 66.2 Å². The van der Waals surface area contributed by atoms with Crippen molar-refractivity contribution in [2.24, 2.45) is 5.92 Å². The van der Waals surface area contributed by atoms with Crippen LogP contribution in [0.5, 0.6) is 0 Å². The van der Waals surface area contributed by atoms with E-state index in [1.165, 1.54) is 6.92 Å². The molecule has 11 heteroatoms. The Hall–Kier alpha value is -3.28. The van der Waals surface area contributed by atoms with E-state index in [0.29, 0.717) is 30.5 Å². The third kappa shape index (κ3) is 12.4. The van der Waals surface area contributed by atoms with Crippen LogP contribution in [0.25, 0.3) is 0 Å². The van der Waals surface area contributed by atoms with Crippen molar-refractivity contribution >= 4 is 33.5 Å². The van der Waals surface area contributed by atoms with E-state index in [1.54, 1.807) is 48.5 Å². The lowest BCUT2D eigenvalue weighted by Gasteiger charge is -2.25. The Morgan fingerprint density at radius 1 is 0.846 bits per heavy atom. The van der Waals surface area contributed by atoms with Gasteiger partial charge in [0.1, 0.15) is 12.1 Å². The van der Waals surface area contributed by atoms with Crippen molar-refractivity contribution in [2.45, 2.75) is 70.3 Å². The molecule has 0 heterocycles. The average molecular weight is 561 g/mol. The summed E-state index contributed by atoms with van der Waals surface area (Å²) < 4.78 is 27.2. The summed E-state index contributed by atoms with van der Waals surface area (Å²) >= 11 is 0. The second-order valence-corrected chi connectivity index (χ2v) is 11.8. The molecule has 0 bridgehead atoms. The topological polar surface area (TPSA) is 154 Å². The first-order valence-corrected chi connectivity index (χ1v) is 14.8. The van der Waals surface area contributed by atoms with E-state index < -0.39 is 40.0 Å². The Bertz CT molecular complexity index is 1160. The standard InChI is InChI=1S/C28H40N4O6S/c1-20(2)18-25(27(34)31-23-14-8-5-9-15-23)32-26(33)24(30-21(3)28(35)36)16-10-11-17-29-39(37,38)19-22-12-6-4-7-13-22/h4-9,12-15,20-21,24-25,29-30H,10-11,16-19H2,1-3H3,(H,31,34)(H,32,33)(H,35,36)/t21-,24+,25+/m1/s1. The van der Waals surface area contributed by atoms with Crippen molar-refractivity contribution < 1.29 is 27.9 Å². The van der Waals surface area contributed by atoms with E-state index in [2.05, 4.69) is 20.7 Å². The Labute approximate surface area is 231 Å². The van der Waals surface area contributed by atoms with Gasteiger partial charge >= 0.3 is 5.97 Å². The molecular weight excluding hydrogens is 520 g/mol. The van der Waals surface area contributed by atoms with Crippen LogP contribution in [0.4, 0.5) is 5.69 Å². The first kappa shape index (κ1) is 31.9. The van der Waals surface area contributed by atoms with Crippen LogP contribution >= 0.6 is 0 Å². The van der Waals surface area contributed by atoms with Crippen LogP contribution in [0.15, 0.2) is 60.7 Å². The second-order valence-electron chi connectivity index (χ2n) is 9.96. The highest BCUT2D eigenvalue weighted by molar-refractivity contribution is 7.88. The number of anilines is 1. The Morgan fingerprint density at radius 2 is 1.46 bits per heavy atom. The monoisotopic (exact) mass is 560 g/mol. The van der Waals surface area contributed by atoms with Gasteiger partial charge in [-0.1, -0.05) is 68.8 Å². The van der Waals surface area contributed by atoms with E-state index in [9.17, 15) is 27.9 Å². The zero-order valence-corrected chi connectivity index (χ0v) is 23.5. The van der Waals surface area contributed by atoms with E-state index in [0.717, 1.165) is 0 Å². The number of amides is 2. The number of carboxylic acid groups (broad SMARTS) is 1. The first-order valence-electron chi connectivity index (χ1n) is 13.1. The van der Waals surface area contributed by atoms with Crippen LogP contribution in [0.3, 0.4) is 0 Å². The summed E-state index contributed by atoms with van der Waals surface area (Å²) in [5, 5.41) is 17.8. The maximum absolute atomic E-state index is 13.2. The molecule has 0 saturated carbocycles. The number of sulfonamides is 1. The summed E-state index contributed by atoms with van der Waals surface area (Å²) in [7, 11) is -3.51. The number of nitrogens with one attached hydrogen (secondary N) is 4. The number of unbranched alkanes of at least 4 members (excludes halogenated alkanes) is 1. The third-order valence-corrected chi connectivity index (χ3v) is 7.32. The van der Waals surface area contributed by atoms with Crippen LogP contribution in [0.2, 0.25) is 0 Å². The maximum Gasteiger partial charge on any atom is 0.320 e. The summed E-state index contributed by atoms with van der Waals surface area (Å²) in [4.78, 5) is 37.6. The predicted molar refractivity (Wildman–Crippen MR) is 151 cm³/mol. The van der Waals surface area contributed by atoms with Crippen LogP contribution in [-0.2, 0) is 30.2 Å². The summed E-state index contributed by atoms with van der Waals surface area (Å²) in [6.07, 6.45) is 1.56. The zero-order chi connectivity index (χ0) is 28.8. The number of para-hydroxylation sites is 1. The van der Waals surface area contributed by atoms with E-state index in [-0.39, 0.29) is 30.5 Å². The molecule has 39 heavy (non-hydrogen) atoms. The van der Waals surface area contributed by atoms with Crippen LogP contribution < -0.4 is 20.7 Å². The SMILES string of the molecule is CC(C)C[C@H](NC(=O)[C@H](CCCCNS(=O)(=O)Cc1ccccc1)N[C@H](C)C(=O)O)C(=O)Nc1ccccc1.